The van der Waals surface area contributed by atoms with Gasteiger partial charge in [-0.15, -0.1) is 11.8 Å². The van der Waals surface area contributed by atoms with E-state index in [1.807, 2.05) is 19.1 Å². The summed E-state index contributed by atoms with van der Waals surface area (Å²) in [6, 6.07) is 3.93. The molecule has 7 heteroatoms. The molecule has 0 amide bonds. The fraction of sp³-hybridized carbons (Fsp3) is 0.278. The van der Waals surface area contributed by atoms with Crippen molar-refractivity contribution >= 4 is 54.6 Å². The maximum Gasteiger partial charge on any atom is 0.202 e. The second kappa shape index (κ2) is 7.48. The molecule has 0 atom stereocenters. The maximum absolute atomic E-state index is 12.9. The van der Waals surface area contributed by atoms with Crippen LogP contribution < -0.4 is 16.0 Å². The number of aromatic nitrogens is 2. The van der Waals surface area contributed by atoms with Crippen LogP contribution in [0, 0.1) is 6.92 Å². The Balaban J connectivity index is 2.12. The minimum absolute atomic E-state index is 0.171. The minimum Gasteiger partial charge on any atom is -0.348 e. The van der Waals surface area contributed by atoms with Gasteiger partial charge in [0.25, 0.3) is 0 Å². The van der Waals surface area contributed by atoms with Crippen LogP contribution >= 0.6 is 39.3 Å². The molecule has 0 radical (unpaired) electrons. The van der Waals surface area contributed by atoms with Gasteiger partial charge in [0.2, 0.25) is 5.43 Å². The summed E-state index contributed by atoms with van der Waals surface area (Å²) in [7, 11) is 0. The second-order valence-electron chi connectivity index (χ2n) is 5.87. The zero-order valence-corrected chi connectivity index (χ0v) is 16.9. The average Bonchev–Trinajstić information content (AvgIpc) is 2.57. The summed E-state index contributed by atoms with van der Waals surface area (Å²) in [4.78, 5) is 32.5. The number of rotatable bonds is 4. The fourth-order valence-corrected chi connectivity index (χ4v) is 4.49. The summed E-state index contributed by atoms with van der Waals surface area (Å²) in [5.41, 5.74) is 1.84. The summed E-state index contributed by atoms with van der Waals surface area (Å²) in [6.45, 7) is 3.34. The number of fused-ring (bicyclic) bond motifs is 1. The van der Waals surface area contributed by atoms with Crippen molar-refractivity contribution in [2.24, 2.45) is 0 Å². The standard InChI is InChI=1S/C18H16BrClN2O2S/c1-9-3-4-11(7-21-9)8-25-18-14(10(2)23)17(24)15-13(20)6-5-12(19)16(15)22-18/h3-4,7,22H,5-6,8H2,1-2H3. The van der Waals surface area contributed by atoms with E-state index >= 15 is 0 Å². The Kier molecular flexibility index (Phi) is 5.51. The minimum atomic E-state index is -0.299. The molecule has 0 aliphatic heterocycles. The highest BCUT2D eigenvalue weighted by Gasteiger charge is 2.19. The first kappa shape index (κ1) is 18.4. The number of hydrogen-bond acceptors (Lipinski definition) is 4. The fourth-order valence-electron chi connectivity index (χ4n) is 2.68. The molecule has 25 heavy (non-hydrogen) atoms. The zero-order valence-electron chi connectivity index (χ0n) is 13.8. The van der Waals surface area contributed by atoms with E-state index in [-0.39, 0.29) is 16.8 Å². The number of nitrogens with one attached hydrogen (secondary N) is 1. The molecule has 0 bridgehead atoms. The Morgan fingerprint density at radius 2 is 2.16 bits per heavy atom. The van der Waals surface area contributed by atoms with Gasteiger partial charge in [-0.1, -0.05) is 33.6 Å². The van der Waals surface area contributed by atoms with Gasteiger partial charge in [0.05, 0.1) is 21.2 Å². The number of H-pyrrole nitrogens is 1. The molecule has 1 aliphatic carbocycles. The lowest BCUT2D eigenvalue weighted by atomic mass is 10.1. The molecule has 130 valence electrons. The van der Waals surface area contributed by atoms with Gasteiger partial charge in [0.1, 0.15) is 0 Å². The molecule has 0 fully saturated rings. The van der Waals surface area contributed by atoms with Crippen molar-refractivity contribution in [3.8, 4) is 0 Å². The third kappa shape index (κ3) is 3.76. The number of ketones is 1. The lowest BCUT2D eigenvalue weighted by Gasteiger charge is -2.12. The van der Waals surface area contributed by atoms with Gasteiger partial charge in [-0.25, -0.2) is 0 Å². The van der Waals surface area contributed by atoms with E-state index < -0.39 is 0 Å². The predicted molar refractivity (Wildman–Crippen MR) is 106 cm³/mol. The first-order valence-corrected chi connectivity index (χ1v) is 9.93. The SMILES string of the molecule is CC(=O)c1c(SCc2ccc(C)nc2)[nH]c2c(c1=O)=C(Cl)CCC=2Br. The lowest BCUT2D eigenvalue weighted by Crippen LogP contribution is -2.47. The molecule has 1 aliphatic rings. The van der Waals surface area contributed by atoms with E-state index in [0.29, 0.717) is 32.8 Å². The number of thioether (sulfide) groups is 1. The summed E-state index contributed by atoms with van der Waals surface area (Å²) in [6.07, 6.45) is 3.13. The molecule has 2 aromatic rings. The van der Waals surface area contributed by atoms with Gasteiger partial charge in [-0.2, -0.15) is 0 Å². The molecule has 0 saturated heterocycles. The highest BCUT2D eigenvalue weighted by Crippen LogP contribution is 2.24. The first-order valence-electron chi connectivity index (χ1n) is 7.77. The van der Waals surface area contributed by atoms with Gasteiger partial charge < -0.3 is 4.98 Å². The van der Waals surface area contributed by atoms with E-state index in [9.17, 15) is 9.59 Å². The van der Waals surface area contributed by atoms with E-state index in [1.165, 1.54) is 18.7 Å². The van der Waals surface area contributed by atoms with Crippen molar-refractivity contribution < 1.29 is 4.79 Å². The van der Waals surface area contributed by atoms with Crippen molar-refractivity contribution in [2.75, 3.05) is 0 Å². The molecular formula is C18H16BrClN2O2S. The number of halogens is 2. The topological polar surface area (TPSA) is 62.8 Å². The van der Waals surface area contributed by atoms with Crippen LogP contribution in [0.2, 0.25) is 0 Å². The van der Waals surface area contributed by atoms with Crippen LogP contribution in [0.15, 0.2) is 28.2 Å². The second-order valence-corrected chi connectivity index (χ2v) is 8.27. The number of aromatic amines is 1. The van der Waals surface area contributed by atoms with Crippen LogP contribution in [0.1, 0.15) is 41.4 Å². The number of carbonyl (C=O) groups is 1. The Morgan fingerprint density at radius 1 is 1.40 bits per heavy atom. The number of carbonyl (C=O) groups excluding carboxylic acids is 1. The van der Waals surface area contributed by atoms with E-state index in [1.54, 1.807) is 6.20 Å². The zero-order chi connectivity index (χ0) is 18.1. The van der Waals surface area contributed by atoms with Crippen molar-refractivity contribution in [2.45, 2.75) is 37.5 Å². The van der Waals surface area contributed by atoms with Crippen molar-refractivity contribution in [1.29, 1.82) is 0 Å². The van der Waals surface area contributed by atoms with Crippen LogP contribution in [0.3, 0.4) is 0 Å². The van der Waals surface area contributed by atoms with Crippen LogP contribution in [0.4, 0.5) is 0 Å². The number of Topliss-reactive ketones (excluding diaryl/α,β-unsaturated/α-hetero) is 1. The van der Waals surface area contributed by atoms with Gasteiger partial charge in [0, 0.05) is 27.2 Å². The normalized spacial score (nSPS) is 13.8. The van der Waals surface area contributed by atoms with Crippen molar-refractivity contribution in [3.63, 3.8) is 0 Å². The molecule has 0 aromatic carbocycles. The van der Waals surface area contributed by atoms with E-state index in [4.69, 9.17) is 11.6 Å². The first-order chi connectivity index (χ1) is 11.9. The summed E-state index contributed by atoms with van der Waals surface area (Å²) < 4.78 is 0.901. The molecule has 0 unspecified atom stereocenters. The average molecular weight is 440 g/mol. The number of nitrogens with zero attached hydrogens (tertiary/aromatic N) is 1. The maximum atomic E-state index is 12.9. The monoisotopic (exact) mass is 438 g/mol. The van der Waals surface area contributed by atoms with Gasteiger partial charge >= 0.3 is 0 Å². The molecule has 3 rings (SSSR count). The summed E-state index contributed by atoms with van der Waals surface area (Å²) >= 11 is 11.2. The Bertz CT molecular complexity index is 1030. The Morgan fingerprint density at radius 3 is 2.80 bits per heavy atom. The number of aryl methyl sites for hydroxylation is 1. The summed E-state index contributed by atoms with van der Waals surface area (Å²) in [5.74, 6) is 0.344. The number of pyridine rings is 2. The molecule has 0 spiro atoms. The predicted octanol–water partition coefficient (Wildman–Crippen LogP) is 3.22. The van der Waals surface area contributed by atoms with E-state index in [2.05, 4.69) is 25.9 Å². The molecule has 2 heterocycles. The highest BCUT2D eigenvalue weighted by atomic mass is 79.9. The van der Waals surface area contributed by atoms with Gasteiger partial charge in [-0.3, -0.25) is 14.6 Å². The third-order valence-electron chi connectivity index (χ3n) is 3.98. The smallest absolute Gasteiger partial charge is 0.202 e. The molecule has 0 saturated carbocycles. The Labute approximate surface area is 162 Å². The van der Waals surface area contributed by atoms with Gasteiger partial charge in [0.15, 0.2) is 5.78 Å². The van der Waals surface area contributed by atoms with E-state index in [0.717, 1.165) is 22.2 Å². The van der Waals surface area contributed by atoms with Gasteiger partial charge in [-0.05, 0) is 38.3 Å². The largest absolute Gasteiger partial charge is 0.348 e. The van der Waals surface area contributed by atoms with Crippen LogP contribution in [0.25, 0.3) is 9.51 Å². The van der Waals surface area contributed by atoms with Crippen molar-refractivity contribution in [1.82, 2.24) is 9.97 Å². The molecule has 1 N–H and O–H groups in total. The highest BCUT2D eigenvalue weighted by molar-refractivity contribution is 9.14. The molecule has 4 nitrogen and oxygen atoms in total. The quantitative estimate of drug-likeness (QED) is 0.587. The molecular weight excluding hydrogens is 424 g/mol. The third-order valence-corrected chi connectivity index (χ3v) is 6.23. The van der Waals surface area contributed by atoms with Crippen LogP contribution in [-0.4, -0.2) is 15.8 Å². The number of hydrogen-bond donors (Lipinski definition) is 1. The lowest BCUT2D eigenvalue weighted by molar-refractivity contribution is 0.101. The molecule has 2 aromatic heterocycles. The van der Waals surface area contributed by atoms with Crippen molar-refractivity contribution in [3.05, 3.63) is 55.9 Å². The Hall–Kier alpha value is -1.37. The summed E-state index contributed by atoms with van der Waals surface area (Å²) in [5, 5.41) is 2.16. The van der Waals surface area contributed by atoms with Crippen LogP contribution in [0.5, 0.6) is 0 Å². The van der Waals surface area contributed by atoms with Crippen LogP contribution in [-0.2, 0) is 5.75 Å².